The van der Waals surface area contributed by atoms with Gasteiger partial charge in [0.1, 0.15) is 22.6 Å². The molecule has 0 saturated carbocycles. The second kappa shape index (κ2) is 9.82. The maximum Gasteiger partial charge on any atom is 0.519 e. The Bertz CT molecular complexity index is 1180. The summed E-state index contributed by atoms with van der Waals surface area (Å²) in [4.78, 5) is 11.8. The smallest absolute Gasteiger partial charge is 0.394 e. The highest BCUT2D eigenvalue weighted by atomic mass is 19.4. The predicted molar refractivity (Wildman–Crippen MR) is 89.5 cm³/mol. The second-order valence-electron chi connectivity index (χ2n) is 7.16. The number of rotatable bonds is 2. The van der Waals surface area contributed by atoms with E-state index in [4.69, 9.17) is 0 Å². The van der Waals surface area contributed by atoms with Crippen molar-refractivity contribution in [2.45, 2.75) is 37.1 Å². The summed E-state index contributed by atoms with van der Waals surface area (Å²) >= 11 is 0. The first kappa shape index (κ1) is 32.7. The lowest BCUT2D eigenvalue weighted by molar-refractivity contribution is -0.175. The van der Waals surface area contributed by atoms with Gasteiger partial charge in [0.2, 0.25) is 0 Å². The molecule has 0 aromatic heterocycles. The van der Waals surface area contributed by atoms with Crippen molar-refractivity contribution in [1.29, 1.82) is 0 Å². The highest BCUT2D eigenvalue weighted by Gasteiger charge is 2.54. The van der Waals surface area contributed by atoms with Crippen LogP contribution in [0.2, 0.25) is 0 Å². The van der Waals surface area contributed by atoms with Gasteiger partial charge in [0.05, 0.1) is 22.3 Å². The third-order valence-electron chi connectivity index (χ3n) is 4.47. The fourth-order valence-corrected chi connectivity index (χ4v) is 3.16. The molecule has 0 atom stereocenters. The average molecular weight is 622 g/mol. The van der Waals surface area contributed by atoms with E-state index in [1.54, 1.807) is 0 Å². The number of carbonyl (C=O) groups is 1. The summed E-state index contributed by atoms with van der Waals surface area (Å²) in [7, 11) is 0. The minimum absolute atomic E-state index is 0.541. The Kier molecular flexibility index (Phi) is 8.02. The van der Waals surface area contributed by atoms with Crippen molar-refractivity contribution >= 4 is 6.16 Å². The van der Waals surface area contributed by atoms with Gasteiger partial charge in [-0.15, -0.1) is 0 Å². The van der Waals surface area contributed by atoms with E-state index in [0.717, 1.165) is 0 Å². The second-order valence-corrected chi connectivity index (χ2v) is 7.16. The third kappa shape index (κ3) is 6.95. The van der Waals surface area contributed by atoms with Crippen LogP contribution in [-0.2, 0) is 37.1 Å². The Labute approximate surface area is 206 Å². The van der Waals surface area contributed by atoms with Gasteiger partial charge in [0, 0.05) is 0 Å². The van der Waals surface area contributed by atoms with E-state index in [0.29, 0.717) is 0 Å². The molecule has 0 aliphatic heterocycles. The fourth-order valence-electron chi connectivity index (χ4n) is 3.16. The van der Waals surface area contributed by atoms with Gasteiger partial charge >= 0.3 is 43.2 Å². The number of carbonyl (C=O) groups excluding carboxylic acids is 1. The van der Waals surface area contributed by atoms with Gasteiger partial charge in [-0.3, -0.25) is 0 Å². The zero-order valence-electron chi connectivity index (χ0n) is 17.8. The standard InChI is InChI=1S/C19H4F18O3/c20-14(21,22)5-1-3-7(11(18(32,33)34)9(5)16(26,27)28)39-13(38)40-8-4-2-6(15(23,24)25)10(17(29,30)31)12(8)19(35,36)37/h1-4H. The molecule has 21 heteroatoms. The predicted octanol–water partition coefficient (Wildman–Crippen LogP) is 9.38. The number of halogens is 18. The first-order valence-electron chi connectivity index (χ1n) is 9.24. The van der Waals surface area contributed by atoms with Crippen LogP contribution in [0, 0.1) is 0 Å². The number of hydrogen-bond acceptors (Lipinski definition) is 3. The summed E-state index contributed by atoms with van der Waals surface area (Å²) in [6, 6.07) is -2.44. The van der Waals surface area contributed by atoms with E-state index in [2.05, 4.69) is 9.47 Å². The van der Waals surface area contributed by atoms with Gasteiger partial charge in [0.15, 0.2) is 0 Å². The summed E-state index contributed by atoms with van der Waals surface area (Å²) in [5, 5.41) is 0. The van der Waals surface area contributed by atoms with E-state index in [1.165, 1.54) is 0 Å². The molecule has 0 radical (unpaired) electrons. The van der Waals surface area contributed by atoms with Crippen LogP contribution < -0.4 is 9.47 Å². The van der Waals surface area contributed by atoms with Crippen LogP contribution in [0.3, 0.4) is 0 Å². The van der Waals surface area contributed by atoms with Crippen molar-refractivity contribution in [3.63, 3.8) is 0 Å². The topological polar surface area (TPSA) is 35.5 Å². The van der Waals surface area contributed by atoms with Gasteiger partial charge < -0.3 is 9.47 Å². The van der Waals surface area contributed by atoms with E-state index < -0.39 is 112 Å². The third-order valence-corrected chi connectivity index (χ3v) is 4.47. The van der Waals surface area contributed by atoms with Crippen molar-refractivity contribution < 1.29 is 93.3 Å². The Morgan fingerprint density at radius 1 is 0.400 bits per heavy atom. The van der Waals surface area contributed by atoms with Crippen LogP contribution in [-0.4, -0.2) is 6.16 Å². The van der Waals surface area contributed by atoms with Crippen LogP contribution in [0.15, 0.2) is 24.3 Å². The highest BCUT2D eigenvalue weighted by Crippen LogP contribution is 2.52. The number of benzene rings is 2. The van der Waals surface area contributed by atoms with Crippen LogP contribution in [0.4, 0.5) is 83.8 Å². The molecular weight excluding hydrogens is 618 g/mol. The van der Waals surface area contributed by atoms with Crippen molar-refractivity contribution in [2.75, 3.05) is 0 Å². The molecule has 0 saturated heterocycles. The van der Waals surface area contributed by atoms with Gasteiger partial charge in [0.25, 0.3) is 0 Å². The molecular formula is C19H4F18O3. The SMILES string of the molecule is O=C(Oc1ccc(C(F)(F)F)c(C(F)(F)F)c1C(F)(F)F)Oc1ccc(C(F)(F)F)c(C(F)(F)F)c1C(F)(F)F. The Hall–Kier alpha value is -3.55. The molecule has 0 amide bonds. The molecule has 2 rings (SSSR count). The maximum absolute atomic E-state index is 13.4. The molecule has 2 aromatic carbocycles. The van der Waals surface area contributed by atoms with E-state index >= 15 is 0 Å². The molecule has 2 aromatic rings. The molecule has 3 nitrogen and oxygen atoms in total. The summed E-state index contributed by atoms with van der Waals surface area (Å²) in [5.74, 6) is -4.93. The fraction of sp³-hybridized carbons (Fsp3) is 0.316. The average Bonchev–Trinajstić information content (AvgIpc) is 2.68. The molecule has 40 heavy (non-hydrogen) atoms. The number of hydrogen-bond donors (Lipinski definition) is 0. The summed E-state index contributed by atoms with van der Waals surface area (Å²) in [6.45, 7) is 0. The van der Waals surface area contributed by atoms with Gasteiger partial charge in [-0.2, -0.15) is 79.0 Å². The van der Waals surface area contributed by atoms with Crippen LogP contribution in [0.1, 0.15) is 33.4 Å². The lowest BCUT2D eigenvalue weighted by atomic mass is 9.98. The van der Waals surface area contributed by atoms with Gasteiger partial charge in [-0.05, 0) is 24.3 Å². The lowest BCUT2D eigenvalue weighted by Gasteiger charge is -2.23. The molecule has 0 aliphatic rings. The summed E-state index contributed by atoms with van der Waals surface area (Å²) in [6.07, 6.45) is -41.0. The van der Waals surface area contributed by atoms with Crippen LogP contribution in [0.5, 0.6) is 11.5 Å². The monoisotopic (exact) mass is 622 g/mol. The normalized spacial score (nSPS) is 13.8. The minimum Gasteiger partial charge on any atom is -0.394 e. The molecule has 0 heterocycles. The van der Waals surface area contributed by atoms with Crippen molar-refractivity contribution in [3.8, 4) is 11.5 Å². The summed E-state index contributed by atoms with van der Waals surface area (Å²) < 4.78 is 245. The Balaban J connectivity index is 2.75. The Morgan fingerprint density at radius 3 is 0.850 bits per heavy atom. The first-order valence-corrected chi connectivity index (χ1v) is 9.24. The summed E-state index contributed by atoms with van der Waals surface area (Å²) in [5.41, 5.74) is -19.5. The van der Waals surface area contributed by atoms with Crippen LogP contribution in [0.25, 0.3) is 0 Å². The molecule has 0 fully saturated rings. The van der Waals surface area contributed by atoms with Gasteiger partial charge in [-0.1, -0.05) is 0 Å². The molecule has 0 spiro atoms. The van der Waals surface area contributed by atoms with E-state index in [1.807, 2.05) is 0 Å². The number of ether oxygens (including phenoxy) is 2. The largest absolute Gasteiger partial charge is 0.519 e. The van der Waals surface area contributed by atoms with Crippen LogP contribution >= 0.6 is 0 Å². The molecule has 224 valence electrons. The van der Waals surface area contributed by atoms with Crippen molar-refractivity contribution in [2.24, 2.45) is 0 Å². The lowest BCUT2D eigenvalue weighted by Crippen LogP contribution is -2.27. The van der Waals surface area contributed by atoms with E-state index in [-0.39, 0.29) is 0 Å². The first-order chi connectivity index (χ1) is 17.6. The van der Waals surface area contributed by atoms with Gasteiger partial charge in [-0.25, -0.2) is 4.79 Å². The maximum atomic E-state index is 13.4. The van der Waals surface area contributed by atoms with E-state index in [9.17, 15) is 83.8 Å². The zero-order valence-corrected chi connectivity index (χ0v) is 17.8. The van der Waals surface area contributed by atoms with Crippen molar-refractivity contribution in [3.05, 3.63) is 57.6 Å². The zero-order chi connectivity index (χ0) is 31.4. The van der Waals surface area contributed by atoms with Crippen molar-refractivity contribution in [1.82, 2.24) is 0 Å². The molecule has 0 N–H and O–H groups in total. The Morgan fingerprint density at radius 2 is 0.650 bits per heavy atom. The molecule has 0 unspecified atom stereocenters. The highest BCUT2D eigenvalue weighted by molar-refractivity contribution is 5.70. The molecule has 0 bridgehead atoms. The number of alkyl halides is 18. The quantitative estimate of drug-likeness (QED) is 0.190. The minimum atomic E-state index is -6.46. The molecule has 0 aliphatic carbocycles.